The van der Waals surface area contributed by atoms with E-state index in [2.05, 4.69) is 52.8 Å². The van der Waals surface area contributed by atoms with Crippen molar-refractivity contribution >= 4 is 38.1 Å². The number of hydrogen-bond acceptors (Lipinski definition) is 4. The van der Waals surface area contributed by atoms with Crippen LogP contribution in [-0.2, 0) is 0 Å². The van der Waals surface area contributed by atoms with Gasteiger partial charge in [0, 0.05) is 10.7 Å². The molecule has 4 nitrogen and oxygen atoms in total. The van der Waals surface area contributed by atoms with Crippen LogP contribution in [0, 0.1) is 0 Å². The quantitative estimate of drug-likeness (QED) is 0.419. The summed E-state index contributed by atoms with van der Waals surface area (Å²) < 4.78 is 1.56. The summed E-state index contributed by atoms with van der Waals surface area (Å²) in [6.45, 7) is 0. The maximum absolute atomic E-state index is 3.88. The molecule has 0 amide bonds. The largest absolute Gasteiger partial charge is 0.179 e. The van der Waals surface area contributed by atoms with Crippen molar-refractivity contribution in [3.8, 4) is 0 Å². The molecule has 1 N–H and O–H groups in total. The fourth-order valence-electron chi connectivity index (χ4n) is 1.32. The zero-order valence-electron chi connectivity index (χ0n) is 13.4. The van der Waals surface area contributed by atoms with Crippen LogP contribution in [0.25, 0.3) is 0 Å². The lowest BCUT2D eigenvalue weighted by molar-refractivity contribution is 0.750. The smallest absolute Gasteiger partial charge is 0.130 e. The van der Waals surface area contributed by atoms with Gasteiger partial charge in [0.25, 0.3) is 0 Å². The normalized spacial score (nSPS) is 32.2. The summed E-state index contributed by atoms with van der Waals surface area (Å²) in [7, 11) is 0. The fourth-order valence-corrected chi connectivity index (χ4v) is 1.86. The van der Waals surface area contributed by atoms with E-state index in [9.17, 15) is 0 Å². The predicted octanol–water partition coefficient (Wildman–Crippen LogP) is 6.35. The van der Waals surface area contributed by atoms with Crippen molar-refractivity contribution in [3.05, 3.63) is 106 Å². The van der Waals surface area contributed by atoms with E-state index >= 15 is 0 Å². The molecule has 0 saturated carbocycles. The molecule has 0 aromatic carbocycles. The Morgan fingerprint density at radius 1 is 0.640 bits per heavy atom. The lowest BCUT2D eigenvalue weighted by atomic mass is 10.3. The van der Waals surface area contributed by atoms with E-state index in [1.54, 1.807) is 18.4 Å². The molecule has 0 saturated heterocycles. The van der Waals surface area contributed by atoms with E-state index in [0.29, 0.717) is 4.61 Å². The van der Waals surface area contributed by atoms with Gasteiger partial charge in [-0.25, -0.2) is 0 Å². The van der Waals surface area contributed by atoms with Gasteiger partial charge in [0.1, 0.15) is 4.61 Å². The highest BCUT2D eigenvalue weighted by atomic mass is 79.9. The van der Waals surface area contributed by atoms with Crippen LogP contribution in [0.1, 0.15) is 0 Å². The molecule has 0 aromatic heterocycles. The minimum Gasteiger partial charge on any atom is -0.179 e. The zero-order chi connectivity index (χ0) is 18.0. The Morgan fingerprint density at radius 2 is 1.20 bits per heavy atom. The second-order valence-electron chi connectivity index (χ2n) is 4.29. The van der Waals surface area contributed by atoms with Crippen LogP contribution in [0.15, 0.2) is 122 Å². The van der Waals surface area contributed by atoms with Crippen LogP contribution in [0.4, 0.5) is 0 Å². The minimum atomic E-state index is 0.580. The molecule has 0 unspecified atom stereocenters. The van der Waals surface area contributed by atoms with E-state index in [0.717, 1.165) is 4.48 Å². The highest BCUT2D eigenvalue weighted by molar-refractivity contribution is 9.12. The fraction of sp³-hybridized carbons (Fsp3) is 0. The first-order valence-electron chi connectivity index (χ1n) is 7.37. The number of rotatable bonds is 0. The van der Waals surface area contributed by atoms with Crippen molar-refractivity contribution in [2.24, 2.45) is 15.4 Å². The standard InChI is InChI=1S/C19H18Br2N4/c20-18-14-10-6-3-1-2-4-9-13-17-22-24-25-23-19(21)16-12-8-5-7-11-15-18/h1-17H,(H,23,24)/b3-1-,4-2-,7-5-,10-6-,12-8-,13-9+,15-11-,18-14+,19-16-,22-17-. The molecular weight excluding hydrogens is 444 g/mol. The van der Waals surface area contributed by atoms with Gasteiger partial charge in [-0.1, -0.05) is 94.1 Å². The molecule has 128 valence electrons. The van der Waals surface area contributed by atoms with Gasteiger partial charge >= 0.3 is 0 Å². The third-order valence-electron chi connectivity index (χ3n) is 2.38. The summed E-state index contributed by atoms with van der Waals surface area (Å²) in [5.74, 6) is 0. The molecule has 0 aromatic rings. The second-order valence-corrected chi connectivity index (χ2v) is 6.02. The summed E-state index contributed by atoms with van der Waals surface area (Å²) in [5.41, 5.74) is 2.47. The maximum Gasteiger partial charge on any atom is 0.130 e. The van der Waals surface area contributed by atoms with Crippen LogP contribution >= 0.6 is 31.9 Å². The van der Waals surface area contributed by atoms with Crippen molar-refractivity contribution in [2.75, 3.05) is 0 Å². The van der Waals surface area contributed by atoms with Crippen molar-refractivity contribution in [3.63, 3.8) is 0 Å². The van der Waals surface area contributed by atoms with Gasteiger partial charge in [-0.15, -0.1) is 5.11 Å². The van der Waals surface area contributed by atoms with E-state index in [1.807, 2.05) is 85.1 Å². The Balaban J connectivity index is 2.80. The molecule has 1 aliphatic heterocycles. The monoisotopic (exact) mass is 460 g/mol. The summed E-state index contributed by atoms with van der Waals surface area (Å²) >= 11 is 6.77. The van der Waals surface area contributed by atoms with Crippen molar-refractivity contribution in [1.82, 2.24) is 5.53 Å². The molecule has 1 rings (SSSR count). The first-order chi connectivity index (χ1) is 12.3. The van der Waals surface area contributed by atoms with Crippen LogP contribution in [0.5, 0.6) is 0 Å². The van der Waals surface area contributed by atoms with Crippen LogP contribution in [0.3, 0.4) is 0 Å². The molecule has 0 atom stereocenters. The molecular formula is C19H18Br2N4. The molecule has 0 bridgehead atoms. The third-order valence-corrected chi connectivity index (χ3v) is 3.33. The highest BCUT2D eigenvalue weighted by Gasteiger charge is 1.82. The number of nitrogens with zero attached hydrogens (tertiary/aromatic N) is 3. The maximum atomic E-state index is 3.88. The number of halogens is 2. The first-order valence-corrected chi connectivity index (χ1v) is 8.96. The Labute approximate surface area is 165 Å². The molecule has 0 spiro atoms. The lowest BCUT2D eigenvalue weighted by Gasteiger charge is -1.86. The molecule has 0 radical (unpaired) electrons. The average molecular weight is 462 g/mol. The number of hydrogen-bond donors (Lipinski definition) is 1. The topological polar surface area (TPSA) is 49.1 Å². The number of allylic oxidation sites excluding steroid dienone is 17. The average Bonchev–Trinajstić information content (AvgIpc) is 2.60. The van der Waals surface area contributed by atoms with Crippen LogP contribution in [0.2, 0.25) is 0 Å². The molecule has 0 fully saturated rings. The van der Waals surface area contributed by atoms with Gasteiger partial charge in [0.05, 0.1) is 0 Å². The van der Waals surface area contributed by atoms with Gasteiger partial charge in [-0.2, -0.15) is 10.6 Å². The van der Waals surface area contributed by atoms with E-state index in [1.165, 1.54) is 0 Å². The van der Waals surface area contributed by atoms with E-state index < -0.39 is 0 Å². The number of hydrazone groups is 1. The molecule has 1 heterocycles. The second kappa shape index (κ2) is 15.2. The van der Waals surface area contributed by atoms with Crippen molar-refractivity contribution in [2.45, 2.75) is 0 Å². The van der Waals surface area contributed by atoms with Crippen molar-refractivity contribution < 1.29 is 0 Å². The minimum absolute atomic E-state index is 0.580. The predicted molar refractivity (Wildman–Crippen MR) is 114 cm³/mol. The molecule has 6 heteroatoms. The van der Waals surface area contributed by atoms with E-state index in [4.69, 9.17) is 0 Å². The van der Waals surface area contributed by atoms with E-state index in [-0.39, 0.29) is 0 Å². The van der Waals surface area contributed by atoms with Crippen molar-refractivity contribution in [1.29, 1.82) is 0 Å². The third kappa shape index (κ3) is 13.8. The Kier molecular flexibility index (Phi) is 12.6. The van der Waals surface area contributed by atoms with Gasteiger partial charge in [0.2, 0.25) is 0 Å². The van der Waals surface area contributed by atoms with Crippen LogP contribution < -0.4 is 5.53 Å². The summed E-state index contributed by atoms with van der Waals surface area (Å²) in [6.07, 6.45) is 32.1. The molecule has 0 aliphatic carbocycles. The molecule has 1 aliphatic rings. The highest BCUT2D eigenvalue weighted by Crippen LogP contribution is 2.07. The lowest BCUT2D eigenvalue weighted by Crippen LogP contribution is -1.91. The van der Waals surface area contributed by atoms with Crippen LogP contribution in [-0.4, -0.2) is 6.21 Å². The Bertz CT molecular complexity index is 716. The summed E-state index contributed by atoms with van der Waals surface area (Å²) in [6, 6.07) is 0. The Morgan fingerprint density at radius 3 is 1.92 bits per heavy atom. The summed E-state index contributed by atoms with van der Waals surface area (Å²) in [4.78, 5) is 0. The molecule has 25 heavy (non-hydrogen) atoms. The van der Waals surface area contributed by atoms with Gasteiger partial charge in [-0.3, -0.25) is 0 Å². The van der Waals surface area contributed by atoms with Gasteiger partial charge < -0.3 is 0 Å². The SMILES string of the molecule is BrC1=C/C=C\C=C/C=C\C=C\C=N/N/N=N\C(Br)=C/C=C\C=C/C=C\1. The van der Waals surface area contributed by atoms with Gasteiger partial charge in [0.15, 0.2) is 0 Å². The first kappa shape index (κ1) is 20.7. The Hall–Kier alpha value is -2.31. The summed E-state index contributed by atoms with van der Waals surface area (Å²) in [5, 5.41) is 11.4. The van der Waals surface area contributed by atoms with Gasteiger partial charge in [-0.05, 0) is 40.2 Å². The zero-order valence-corrected chi connectivity index (χ0v) is 16.6. The number of nitrogens with one attached hydrogen (secondary N) is 1.